The lowest BCUT2D eigenvalue weighted by Crippen LogP contribution is -2.34. The van der Waals surface area contributed by atoms with Crippen LogP contribution in [0.3, 0.4) is 0 Å². The Morgan fingerprint density at radius 3 is 2.44 bits per heavy atom. The topological polar surface area (TPSA) is 95.8 Å². The van der Waals surface area contributed by atoms with Crippen LogP contribution in [0.25, 0.3) is 0 Å². The molecule has 0 bridgehead atoms. The molecule has 0 spiro atoms. The van der Waals surface area contributed by atoms with Gasteiger partial charge in [0, 0.05) is 54.7 Å². The third-order valence-corrected chi connectivity index (χ3v) is 7.02. The van der Waals surface area contributed by atoms with Crippen molar-refractivity contribution in [2.45, 2.75) is 32.7 Å². The number of amides is 2. The van der Waals surface area contributed by atoms with Crippen molar-refractivity contribution < 1.29 is 14.5 Å². The fourth-order valence-electron chi connectivity index (χ4n) is 5.00. The first-order chi connectivity index (χ1) is 17.4. The van der Waals surface area contributed by atoms with Crippen LogP contribution < -0.4 is 10.2 Å². The van der Waals surface area contributed by atoms with Gasteiger partial charge >= 0.3 is 0 Å². The highest BCUT2D eigenvalue weighted by molar-refractivity contribution is 6.06. The maximum Gasteiger partial charge on any atom is 0.273 e. The Morgan fingerprint density at radius 2 is 1.69 bits per heavy atom. The molecule has 36 heavy (non-hydrogen) atoms. The molecule has 0 aromatic heterocycles. The van der Waals surface area contributed by atoms with Gasteiger partial charge in [0.15, 0.2) is 0 Å². The number of carbonyl (C=O) groups is 2. The first-order valence-corrected chi connectivity index (χ1v) is 12.2. The van der Waals surface area contributed by atoms with Crippen molar-refractivity contribution >= 4 is 28.9 Å². The smallest absolute Gasteiger partial charge is 0.273 e. The number of nitrogens with zero attached hydrogens (tertiary/aromatic N) is 3. The monoisotopic (exact) mass is 484 g/mol. The van der Waals surface area contributed by atoms with Gasteiger partial charge in [-0.1, -0.05) is 30.3 Å². The minimum Gasteiger partial charge on any atom is -0.366 e. The number of nitrogens with one attached hydrogen (secondary N) is 1. The number of rotatable bonds is 5. The molecule has 5 rings (SSSR count). The molecule has 0 atom stereocenters. The largest absolute Gasteiger partial charge is 0.366 e. The molecular weight excluding hydrogens is 456 g/mol. The maximum absolute atomic E-state index is 13.5. The molecule has 184 valence electrons. The molecule has 8 nitrogen and oxygen atoms in total. The van der Waals surface area contributed by atoms with Gasteiger partial charge in [-0.25, -0.2) is 0 Å². The molecule has 0 unspecified atom stereocenters. The number of fused-ring (bicyclic) bond motifs is 1. The van der Waals surface area contributed by atoms with Crippen LogP contribution in [-0.4, -0.2) is 41.3 Å². The Morgan fingerprint density at radius 1 is 0.944 bits per heavy atom. The summed E-state index contributed by atoms with van der Waals surface area (Å²) in [6, 6.07) is 18.2. The lowest BCUT2D eigenvalue weighted by atomic mass is 9.98. The van der Waals surface area contributed by atoms with Crippen molar-refractivity contribution in [3.63, 3.8) is 0 Å². The first kappa shape index (κ1) is 23.5. The van der Waals surface area contributed by atoms with E-state index in [1.165, 1.54) is 17.2 Å². The Kier molecular flexibility index (Phi) is 6.41. The van der Waals surface area contributed by atoms with Crippen LogP contribution in [0, 0.1) is 17.0 Å². The van der Waals surface area contributed by atoms with E-state index in [1.807, 2.05) is 17.0 Å². The molecule has 2 aliphatic rings. The zero-order valence-electron chi connectivity index (χ0n) is 20.2. The molecule has 2 aliphatic heterocycles. The fraction of sp³-hybridized carbons (Fsp3) is 0.286. The molecular formula is C28H28N4O4. The van der Waals surface area contributed by atoms with E-state index in [1.54, 1.807) is 31.2 Å². The number of hydrogen-bond acceptors (Lipinski definition) is 5. The second-order valence-electron chi connectivity index (χ2n) is 9.38. The first-order valence-electron chi connectivity index (χ1n) is 12.2. The molecule has 1 fully saturated rings. The number of hydrogen-bond donors (Lipinski definition) is 1. The van der Waals surface area contributed by atoms with Crippen LogP contribution in [0.5, 0.6) is 0 Å². The van der Waals surface area contributed by atoms with Crippen LogP contribution in [0.1, 0.15) is 50.2 Å². The zero-order valence-corrected chi connectivity index (χ0v) is 20.2. The van der Waals surface area contributed by atoms with E-state index < -0.39 is 10.8 Å². The molecule has 3 aromatic rings. The highest BCUT2D eigenvalue weighted by atomic mass is 16.6. The number of anilines is 2. The predicted molar refractivity (Wildman–Crippen MR) is 139 cm³/mol. The Bertz CT molecular complexity index is 1350. The van der Waals surface area contributed by atoms with Gasteiger partial charge in [-0.3, -0.25) is 19.7 Å². The van der Waals surface area contributed by atoms with Gasteiger partial charge in [0.05, 0.1) is 10.5 Å². The van der Waals surface area contributed by atoms with E-state index in [0.29, 0.717) is 16.8 Å². The fourth-order valence-corrected chi connectivity index (χ4v) is 5.00. The quantitative estimate of drug-likeness (QED) is 0.408. The Labute approximate surface area is 209 Å². The summed E-state index contributed by atoms with van der Waals surface area (Å²) in [4.78, 5) is 41.3. The lowest BCUT2D eigenvalue weighted by Gasteiger charge is -2.33. The van der Waals surface area contributed by atoms with E-state index in [4.69, 9.17) is 0 Å². The lowest BCUT2D eigenvalue weighted by molar-refractivity contribution is -0.385. The van der Waals surface area contributed by atoms with E-state index in [-0.39, 0.29) is 17.2 Å². The van der Waals surface area contributed by atoms with Crippen LogP contribution in [-0.2, 0) is 13.0 Å². The van der Waals surface area contributed by atoms with Crippen molar-refractivity contribution in [1.82, 2.24) is 4.90 Å². The summed E-state index contributed by atoms with van der Waals surface area (Å²) in [6.07, 6.45) is 2.87. The van der Waals surface area contributed by atoms with Crippen LogP contribution in [0.15, 0.2) is 60.7 Å². The third-order valence-electron chi connectivity index (χ3n) is 7.02. The highest BCUT2D eigenvalue weighted by Crippen LogP contribution is 2.31. The molecule has 1 saturated heterocycles. The van der Waals surface area contributed by atoms with E-state index in [9.17, 15) is 19.7 Å². The molecule has 1 N–H and O–H groups in total. The van der Waals surface area contributed by atoms with Gasteiger partial charge in [-0.2, -0.15) is 0 Å². The molecule has 8 heteroatoms. The summed E-state index contributed by atoms with van der Waals surface area (Å²) in [6.45, 7) is 4.61. The van der Waals surface area contributed by atoms with E-state index in [0.717, 1.165) is 51.1 Å². The Balaban J connectivity index is 1.45. The highest BCUT2D eigenvalue weighted by Gasteiger charge is 2.26. The minimum atomic E-state index is -0.496. The number of nitro benzene ring substituents is 1. The number of benzene rings is 3. The van der Waals surface area contributed by atoms with E-state index in [2.05, 4.69) is 28.4 Å². The van der Waals surface area contributed by atoms with Crippen LogP contribution in [0.2, 0.25) is 0 Å². The van der Waals surface area contributed by atoms with Crippen molar-refractivity contribution in [3.8, 4) is 0 Å². The minimum absolute atomic E-state index is 0.0385. The van der Waals surface area contributed by atoms with Crippen molar-refractivity contribution in [1.29, 1.82) is 0 Å². The standard InChI is InChI=1S/C28H28N4O4/c1-19-8-9-21(16-26(19)32(35)36)27(33)29-23-10-11-25(24(17-23)28(34)30-13-4-5-14-30)31-15-12-20-6-2-3-7-22(20)18-31/h2-3,6-11,16-17H,4-5,12-15,18H2,1H3,(H,29,33). The number of nitro groups is 1. The number of aryl methyl sites for hydroxylation is 1. The average Bonchev–Trinajstić information content (AvgIpc) is 3.43. The predicted octanol–water partition coefficient (Wildman–Crippen LogP) is 4.95. The van der Waals surface area contributed by atoms with Gasteiger partial charge < -0.3 is 15.1 Å². The summed E-state index contributed by atoms with van der Waals surface area (Å²) in [5.74, 6) is -0.499. The van der Waals surface area contributed by atoms with Crippen LogP contribution >= 0.6 is 0 Å². The van der Waals surface area contributed by atoms with Gasteiger partial charge in [-0.05, 0) is 61.6 Å². The van der Waals surface area contributed by atoms with Gasteiger partial charge in [0.2, 0.25) is 0 Å². The summed E-state index contributed by atoms with van der Waals surface area (Å²) in [7, 11) is 0. The van der Waals surface area contributed by atoms with Gasteiger partial charge in [0.1, 0.15) is 0 Å². The van der Waals surface area contributed by atoms with Crippen molar-refractivity contribution in [3.05, 3.63) is 98.6 Å². The SMILES string of the molecule is Cc1ccc(C(=O)Nc2ccc(N3CCc4ccccc4C3)c(C(=O)N3CCCC3)c2)cc1[N+](=O)[O-]. The normalized spacial score (nSPS) is 14.9. The maximum atomic E-state index is 13.5. The van der Waals surface area contributed by atoms with Crippen molar-refractivity contribution in [2.75, 3.05) is 29.9 Å². The molecule has 0 aliphatic carbocycles. The van der Waals surface area contributed by atoms with E-state index >= 15 is 0 Å². The second-order valence-corrected chi connectivity index (χ2v) is 9.38. The molecule has 2 heterocycles. The molecule has 0 radical (unpaired) electrons. The molecule has 2 amide bonds. The Hall–Kier alpha value is -4.20. The third kappa shape index (κ3) is 4.66. The molecule has 3 aromatic carbocycles. The number of likely N-dealkylation sites (tertiary alicyclic amines) is 1. The second kappa shape index (κ2) is 9.81. The van der Waals surface area contributed by atoms with Gasteiger partial charge in [0.25, 0.3) is 17.5 Å². The molecule has 0 saturated carbocycles. The summed E-state index contributed by atoms with van der Waals surface area (Å²) >= 11 is 0. The van der Waals surface area contributed by atoms with Gasteiger partial charge in [-0.15, -0.1) is 0 Å². The number of carbonyl (C=O) groups excluding carboxylic acids is 2. The van der Waals surface area contributed by atoms with Crippen LogP contribution in [0.4, 0.5) is 17.1 Å². The zero-order chi connectivity index (χ0) is 25.2. The van der Waals surface area contributed by atoms with Crippen molar-refractivity contribution in [2.24, 2.45) is 0 Å². The average molecular weight is 485 g/mol. The summed E-state index contributed by atoms with van der Waals surface area (Å²) < 4.78 is 0. The summed E-state index contributed by atoms with van der Waals surface area (Å²) in [5.41, 5.74) is 5.05. The summed E-state index contributed by atoms with van der Waals surface area (Å²) in [5, 5.41) is 14.1.